The summed E-state index contributed by atoms with van der Waals surface area (Å²) in [5.74, 6) is 0.822. The van der Waals surface area contributed by atoms with Crippen LogP contribution in [0.4, 0.5) is 15.8 Å². The molecule has 3 N–H and O–H groups in total. The van der Waals surface area contributed by atoms with Gasteiger partial charge in [-0.1, -0.05) is 20.8 Å². The topological polar surface area (TPSA) is 38.0 Å². The van der Waals surface area contributed by atoms with Crippen LogP contribution < -0.4 is 11.1 Å². The van der Waals surface area contributed by atoms with Crippen molar-refractivity contribution >= 4 is 11.4 Å². The Labute approximate surface area is 90.7 Å². The zero-order valence-electron chi connectivity index (χ0n) is 9.55. The van der Waals surface area contributed by atoms with Crippen molar-refractivity contribution in [3.05, 3.63) is 24.0 Å². The van der Waals surface area contributed by atoms with Crippen molar-refractivity contribution in [1.29, 1.82) is 0 Å². The molecule has 1 atom stereocenters. The van der Waals surface area contributed by atoms with Crippen molar-refractivity contribution in [2.45, 2.75) is 20.8 Å². The molecule has 0 fully saturated rings. The Kier molecular flexibility index (Phi) is 3.95. The molecule has 1 rings (SSSR count). The van der Waals surface area contributed by atoms with Crippen molar-refractivity contribution in [1.82, 2.24) is 0 Å². The van der Waals surface area contributed by atoms with E-state index < -0.39 is 0 Å². The van der Waals surface area contributed by atoms with Crippen LogP contribution in [-0.4, -0.2) is 6.54 Å². The molecule has 0 heterocycles. The predicted octanol–water partition coefficient (Wildman–Crippen LogP) is 3.11. The number of nitrogens with one attached hydrogen (secondary N) is 1. The van der Waals surface area contributed by atoms with Gasteiger partial charge in [0, 0.05) is 12.2 Å². The fourth-order valence-corrected chi connectivity index (χ4v) is 1.18. The molecular weight excluding hydrogens is 191 g/mol. The van der Waals surface area contributed by atoms with Gasteiger partial charge in [-0.2, -0.15) is 0 Å². The third-order valence-corrected chi connectivity index (χ3v) is 2.75. The third kappa shape index (κ3) is 3.42. The molecule has 0 aliphatic carbocycles. The highest BCUT2D eigenvalue weighted by Gasteiger charge is 2.08. The average Bonchev–Trinajstić information content (AvgIpc) is 2.15. The van der Waals surface area contributed by atoms with Gasteiger partial charge in [-0.3, -0.25) is 0 Å². The molecule has 0 aliphatic rings. The number of hydrogen-bond donors (Lipinski definition) is 2. The van der Waals surface area contributed by atoms with Crippen LogP contribution in [0.2, 0.25) is 0 Å². The molecule has 1 unspecified atom stereocenters. The lowest BCUT2D eigenvalue weighted by Gasteiger charge is -2.17. The van der Waals surface area contributed by atoms with Gasteiger partial charge in [-0.25, -0.2) is 4.39 Å². The van der Waals surface area contributed by atoms with Crippen molar-refractivity contribution in [2.24, 2.45) is 11.8 Å². The van der Waals surface area contributed by atoms with Crippen LogP contribution in [-0.2, 0) is 0 Å². The zero-order chi connectivity index (χ0) is 11.4. The zero-order valence-corrected chi connectivity index (χ0v) is 9.55. The molecule has 2 nitrogen and oxygen atoms in total. The standard InChI is InChI=1S/C12H19FN2/c1-8(2)9(3)7-15-12-5-4-10(14)6-11(12)13/h4-6,8-9,15H,7,14H2,1-3H3. The number of benzene rings is 1. The van der Waals surface area contributed by atoms with E-state index in [2.05, 4.69) is 26.1 Å². The minimum Gasteiger partial charge on any atom is -0.399 e. The average molecular weight is 210 g/mol. The lowest BCUT2D eigenvalue weighted by molar-refractivity contribution is 0.439. The molecule has 3 heteroatoms. The largest absolute Gasteiger partial charge is 0.399 e. The van der Waals surface area contributed by atoms with Crippen molar-refractivity contribution in [3.63, 3.8) is 0 Å². The van der Waals surface area contributed by atoms with Crippen molar-refractivity contribution < 1.29 is 4.39 Å². The van der Waals surface area contributed by atoms with Gasteiger partial charge >= 0.3 is 0 Å². The number of rotatable bonds is 4. The van der Waals surface area contributed by atoms with Gasteiger partial charge in [-0.15, -0.1) is 0 Å². The van der Waals surface area contributed by atoms with Gasteiger partial charge in [0.2, 0.25) is 0 Å². The van der Waals surface area contributed by atoms with Gasteiger partial charge in [0.05, 0.1) is 5.69 Å². The second-order valence-electron chi connectivity index (χ2n) is 4.34. The minimum atomic E-state index is -0.286. The molecule has 0 amide bonds. The first kappa shape index (κ1) is 11.8. The third-order valence-electron chi connectivity index (χ3n) is 2.75. The van der Waals surface area contributed by atoms with Crippen molar-refractivity contribution in [3.8, 4) is 0 Å². The van der Waals surface area contributed by atoms with Gasteiger partial charge < -0.3 is 11.1 Å². The van der Waals surface area contributed by atoms with Gasteiger partial charge in [0.1, 0.15) is 5.82 Å². The summed E-state index contributed by atoms with van der Waals surface area (Å²) in [6.07, 6.45) is 0. The molecule has 1 aromatic carbocycles. The highest BCUT2D eigenvalue weighted by molar-refractivity contribution is 5.52. The van der Waals surface area contributed by atoms with Crippen LogP contribution >= 0.6 is 0 Å². The molecule has 0 aromatic heterocycles. The highest BCUT2D eigenvalue weighted by atomic mass is 19.1. The van der Waals surface area contributed by atoms with Crippen LogP contribution in [0.5, 0.6) is 0 Å². The first-order valence-electron chi connectivity index (χ1n) is 5.29. The molecule has 0 aliphatic heterocycles. The molecule has 0 saturated carbocycles. The van der Waals surface area contributed by atoms with Crippen LogP contribution in [0.1, 0.15) is 20.8 Å². The Morgan fingerprint density at radius 2 is 2.00 bits per heavy atom. The molecule has 15 heavy (non-hydrogen) atoms. The van der Waals surface area contributed by atoms with E-state index in [1.54, 1.807) is 12.1 Å². The van der Waals surface area contributed by atoms with E-state index in [1.165, 1.54) is 6.07 Å². The second-order valence-corrected chi connectivity index (χ2v) is 4.34. The normalized spacial score (nSPS) is 12.9. The van der Waals surface area contributed by atoms with Crippen LogP contribution in [0.15, 0.2) is 18.2 Å². The van der Waals surface area contributed by atoms with Crippen LogP contribution in [0.25, 0.3) is 0 Å². The summed E-state index contributed by atoms with van der Waals surface area (Å²) in [4.78, 5) is 0. The molecular formula is C12H19FN2. The summed E-state index contributed by atoms with van der Waals surface area (Å²) in [5, 5.41) is 3.09. The summed E-state index contributed by atoms with van der Waals surface area (Å²) < 4.78 is 13.4. The molecule has 1 aromatic rings. The van der Waals surface area contributed by atoms with Crippen LogP contribution in [0.3, 0.4) is 0 Å². The molecule has 0 radical (unpaired) electrons. The quantitative estimate of drug-likeness (QED) is 0.749. The Morgan fingerprint density at radius 3 is 2.53 bits per heavy atom. The fourth-order valence-electron chi connectivity index (χ4n) is 1.18. The first-order valence-corrected chi connectivity index (χ1v) is 5.29. The Morgan fingerprint density at radius 1 is 1.33 bits per heavy atom. The summed E-state index contributed by atoms with van der Waals surface area (Å²) in [5.41, 5.74) is 6.44. The first-order chi connectivity index (χ1) is 7.00. The van der Waals surface area contributed by atoms with E-state index in [-0.39, 0.29) is 5.82 Å². The van der Waals surface area contributed by atoms with E-state index in [1.807, 2.05) is 0 Å². The highest BCUT2D eigenvalue weighted by Crippen LogP contribution is 2.18. The smallest absolute Gasteiger partial charge is 0.148 e. The maximum Gasteiger partial charge on any atom is 0.148 e. The predicted molar refractivity (Wildman–Crippen MR) is 63.3 cm³/mol. The molecule has 84 valence electrons. The van der Waals surface area contributed by atoms with E-state index >= 15 is 0 Å². The van der Waals surface area contributed by atoms with Gasteiger partial charge in [0.15, 0.2) is 0 Å². The lowest BCUT2D eigenvalue weighted by atomic mass is 9.98. The van der Waals surface area contributed by atoms with Gasteiger partial charge in [-0.05, 0) is 30.0 Å². The molecule has 0 spiro atoms. The van der Waals surface area contributed by atoms with Gasteiger partial charge in [0.25, 0.3) is 0 Å². The second kappa shape index (κ2) is 5.01. The Hall–Kier alpha value is -1.25. The van der Waals surface area contributed by atoms with Crippen LogP contribution in [0, 0.1) is 17.7 Å². The lowest BCUT2D eigenvalue weighted by Crippen LogP contribution is -2.16. The fraction of sp³-hybridized carbons (Fsp3) is 0.500. The number of anilines is 2. The van der Waals surface area contributed by atoms with E-state index in [0.717, 1.165) is 6.54 Å². The minimum absolute atomic E-state index is 0.286. The summed E-state index contributed by atoms with van der Waals surface area (Å²) in [6.45, 7) is 7.24. The maximum atomic E-state index is 13.4. The van der Waals surface area contributed by atoms with E-state index in [9.17, 15) is 4.39 Å². The number of halogens is 1. The summed E-state index contributed by atoms with van der Waals surface area (Å²) in [7, 11) is 0. The SMILES string of the molecule is CC(C)C(C)CNc1ccc(N)cc1F. The number of hydrogen-bond acceptors (Lipinski definition) is 2. The summed E-state index contributed by atoms with van der Waals surface area (Å²) in [6, 6.07) is 4.71. The van der Waals surface area contributed by atoms with E-state index in [4.69, 9.17) is 5.73 Å². The molecule has 0 bridgehead atoms. The monoisotopic (exact) mass is 210 g/mol. The number of nitrogen functional groups attached to an aromatic ring is 1. The maximum absolute atomic E-state index is 13.4. The Bertz CT molecular complexity index is 323. The molecule has 0 saturated heterocycles. The van der Waals surface area contributed by atoms with Crippen molar-refractivity contribution in [2.75, 3.05) is 17.6 Å². The van der Waals surface area contributed by atoms with E-state index in [0.29, 0.717) is 23.2 Å². The Balaban J connectivity index is 2.58. The summed E-state index contributed by atoms with van der Waals surface area (Å²) >= 11 is 0. The number of nitrogens with two attached hydrogens (primary N) is 1.